The van der Waals surface area contributed by atoms with Crippen LogP contribution in [0.4, 0.5) is 5.69 Å². The van der Waals surface area contributed by atoms with Gasteiger partial charge in [0.05, 0.1) is 19.8 Å². The van der Waals surface area contributed by atoms with Crippen LogP contribution in [-0.4, -0.2) is 81.4 Å². The maximum atomic E-state index is 11.7. The highest BCUT2D eigenvalue weighted by atomic mass is 32.2. The number of benzene rings is 1. The fourth-order valence-electron chi connectivity index (χ4n) is 4.99. The van der Waals surface area contributed by atoms with Crippen LogP contribution in [0.5, 0.6) is 11.5 Å². The lowest BCUT2D eigenvalue weighted by Gasteiger charge is -2.39. The first-order chi connectivity index (χ1) is 14.3. The molecule has 2 heterocycles. The zero-order valence-corrected chi connectivity index (χ0v) is 18.8. The standard InChI is InChI=1S/C21H33N3O5S/c1-24(2,30(25,26)27)18-8-6-17(7-9-18)10-11-22-12-14-23(15-13-22)19-4-3-5-20-21(19)29-16-28-20/h3-5,17-18H,6-16H2,1-2H3/p+1. The first-order valence-electron chi connectivity index (χ1n) is 10.9. The summed E-state index contributed by atoms with van der Waals surface area (Å²) in [5.74, 6) is 2.35. The van der Waals surface area contributed by atoms with Crippen LogP contribution in [0, 0.1) is 5.92 Å². The SMILES string of the molecule is C[N+](C)(C1CCC(CCN2CCN(c3cccc4c3OCO4)CC2)CC1)S(=O)(=O)O. The fourth-order valence-corrected chi connectivity index (χ4v) is 5.57. The Morgan fingerprint density at radius 1 is 1.07 bits per heavy atom. The molecule has 0 atom stereocenters. The summed E-state index contributed by atoms with van der Waals surface area (Å²) in [5, 5.41) is 0. The number of fused-ring (bicyclic) bond motifs is 1. The largest absolute Gasteiger partial charge is 0.454 e. The minimum atomic E-state index is -4.07. The van der Waals surface area contributed by atoms with Crippen LogP contribution in [0.3, 0.4) is 0 Å². The van der Waals surface area contributed by atoms with Crippen molar-refractivity contribution in [2.24, 2.45) is 5.92 Å². The van der Waals surface area contributed by atoms with E-state index in [-0.39, 0.29) is 9.93 Å². The smallest absolute Gasteiger partial charge is 0.432 e. The highest BCUT2D eigenvalue weighted by Crippen LogP contribution is 2.41. The Morgan fingerprint density at radius 3 is 2.43 bits per heavy atom. The van der Waals surface area contributed by atoms with Gasteiger partial charge in [-0.2, -0.15) is 3.89 Å². The van der Waals surface area contributed by atoms with Gasteiger partial charge in [-0.25, -0.2) is 4.55 Å². The van der Waals surface area contributed by atoms with Crippen molar-refractivity contribution in [3.05, 3.63) is 18.2 Å². The van der Waals surface area contributed by atoms with E-state index < -0.39 is 10.3 Å². The Kier molecular flexibility index (Phi) is 6.16. The highest BCUT2D eigenvalue weighted by molar-refractivity contribution is 7.80. The molecule has 8 nitrogen and oxygen atoms in total. The Hall–Kier alpha value is -1.55. The number of ether oxygens (including phenoxy) is 2. The van der Waals surface area contributed by atoms with Crippen LogP contribution >= 0.6 is 0 Å². The van der Waals surface area contributed by atoms with Crippen molar-refractivity contribution < 1.29 is 26.3 Å². The molecule has 2 fully saturated rings. The summed E-state index contributed by atoms with van der Waals surface area (Å²) in [6.07, 6.45) is 4.94. The second-order valence-electron chi connectivity index (χ2n) is 9.18. The molecule has 0 unspecified atom stereocenters. The molecule has 4 rings (SSSR count). The first kappa shape index (κ1) is 21.7. The Balaban J connectivity index is 1.21. The van der Waals surface area contributed by atoms with Gasteiger partial charge in [0.2, 0.25) is 6.79 Å². The van der Waals surface area contributed by atoms with Crippen LogP contribution in [0.2, 0.25) is 0 Å². The second-order valence-corrected chi connectivity index (χ2v) is 11.0. The molecular formula is C21H34N3O5S+. The molecule has 9 heteroatoms. The number of rotatable bonds is 6. The van der Waals surface area contributed by atoms with Crippen molar-refractivity contribution in [1.82, 2.24) is 4.90 Å². The van der Waals surface area contributed by atoms with Gasteiger partial charge in [-0.3, -0.25) is 4.90 Å². The van der Waals surface area contributed by atoms with E-state index in [0.717, 1.165) is 82.0 Å². The molecule has 0 radical (unpaired) electrons. The third-order valence-corrected chi connectivity index (χ3v) is 8.72. The van der Waals surface area contributed by atoms with Gasteiger partial charge in [0.15, 0.2) is 11.5 Å². The number of anilines is 1. The van der Waals surface area contributed by atoms with E-state index in [1.165, 1.54) is 0 Å². The van der Waals surface area contributed by atoms with Crippen molar-refractivity contribution in [2.75, 3.05) is 58.5 Å². The number of para-hydroxylation sites is 1. The zero-order valence-electron chi connectivity index (χ0n) is 18.0. The fraction of sp³-hybridized carbons (Fsp3) is 0.714. The van der Waals surface area contributed by atoms with Crippen LogP contribution in [0.1, 0.15) is 32.1 Å². The van der Waals surface area contributed by atoms with Crippen molar-refractivity contribution >= 4 is 16.0 Å². The van der Waals surface area contributed by atoms with Gasteiger partial charge in [0.25, 0.3) is 0 Å². The average Bonchev–Trinajstić information content (AvgIpc) is 3.21. The molecule has 1 aliphatic carbocycles. The van der Waals surface area contributed by atoms with E-state index in [0.29, 0.717) is 12.7 Å². The van der Waals surface area contributed by atoms with E-state index in [1.54, 1.807) is 14.1 Å². The molecular weight excluding hydrogens is 406 g/mol. The lowest BCUT2D eigenvalue weighted by Crippen LogP contribution is -2.54. The minimum Gasteiger partial charge on any atom is -0.454 e. The molecule has 3 aliphatic rings. The van der Waals surface area contributed by atoms with Crippen molar-refractivity contribution in [2.45, 2.75) is 38.1 Å². The van der Waals surface area contributed by atoms with Crippen molar-refractivity contribution in [3.8, 4) is 11.5 Å². The molecule has 1 saturated heterocycles. The zero-order chi connectivity index (χ0) is 21.4. The summed E-state index contributed by atoms with van der Waals surface area (Å²) in [6, 6.07) is 6.06. The molecule has 0 amide bonds. The van der Waals surface area contributed by atoms with E-state index in [4.69, 9.17) is 9.47 Å². The van der Waals surface area contributed by atoms with Gasteiger partial charge in [0, 0.05) is 39.0 Å². The molecule has 1 saturated carbocycles. The molecule has 1 aromatic rings. The second kappa shape index (κ2) is 8.53. The topological polar surface area (TPSA) is 79.3 Å². The Labute approximate surface area is 179 Å². The number of hydrogen-bond donors (Lipinski definition) is 1. The molecule has 168 valence electrons. The normalized spacial score (nSPS) is 25.5. The van der Waals surface area contributed by atoms with E-state index in [2.05, 4.69) is 15.9 Å². The van der Waals surface area contributed by atoms with E-state index in [1.807, 2.05) is 12.1 Å². The first-order valence-corrected chi connectivity index (χ1v) is 12.3. The van der Waals surface area contributed by atoms with Gasteiger partial charge in [0.1, 0.15) is 6.04 Å². The van der Waals surface area contributed by atoms with Crippen molar-refractivity contribution in [1.29, 1.82) is 0 Å². The number of quaternary nitrogens is 1. The van der Waals surface area contributed by atoms with Gasteiger partial charge < -0.3 is 14.4 Å². The van der Waals surface area contributed by atoms with Crippen molar-refractivity contribution in [3.63, 3.8) is 0 Å². The van der Waals surface area contributed by atoms with Gasteiger partial charge in [-0.05, 0) is 43.9 Å². The molecule has 2 aliphatic heterocycles. The van der Waals surface area contributed by atoms with Gasteiger partial charge in [-0.15, -0.1) is 8.42 Å². The maximum Gasteiger partial charge on any atom is 0.432 e. The van der Waals surface area contributed by atoms with Gasteiger partial charge in [-0.1, -0.05) is 6.07 Å². The average molecular weight is 441 g/mol. The third-order valence-electron chi connectivity index (χ3n) is 7.23. The lowest BCUT2D eigenvalue weighted by atomic mass is 9.83. The molecule has 1 aromatic carbocycles. The van der Waals surface area contributed by atoms with Crippen LogP contribution in [-0.2, 0) is 10.3 Å². The summed E-state index contributed by atoms with van der Waals surface area (Å²) >= 11 is 0. The minimum absolute atomic E-state index is 0.0152. The summed E-state index contributed by atoms with van der Waals surface area (Å²) in [7, 11) is -0.880. The molecule has 30 heavy (non-hydrogen) atoms. The number of hydrogen-bond acceptors (Lipinski definition) is 6. The lowest BCUT2D eigenvalue weighted by molar-refractivity contribution is -0.798. The molecule has 1 N–H and O–H groups in total. The van der Waals surface area contributed by atoms with E-state index >= 15 is 0 Å². The quantitative estimate of drug-likeness (QED) is 0.537. The number of nitrogens with zero attached hydrogens (tertiary/aromatic N) is 3. The monoisotopic (exact) mass is 440 g/mol. The summed E-state index contributed by atoms with van der Waals surface area (Å²) in [4.78, 5) is 4.91. The van der Waals surface area contributed by atoms with Crippen LogP contribution in [0.15, 0.2) is 18.2 Å². The Bertz CT molecular complexity index is 844. The predicted molar refractivity (Wildman–Crippen MR) is 115 cm³/mol. The Morgan fingerprint density at radius 2 is 1.77 bits per heavy atom. The van der Waals surface area contributed by atoms with Crippen LogP contribution in [0.25, 0.3) is 0 Å². The number of piperazine rings is 1. The summed E-state index contributed by atoms with van der Waals surface area (Å²) < 4.78 is 43.7. The molecule has 0 bridgehead atoms. The summed E-state index contributed by atoms with van der Waals surface area (Å²) in [5.41, 5.74) is 1.13. The van der Waals surface area contributed by atoms with Crippen LogP contribution < -0.4 is 14.4 Å². The molecule has 0 spiro atoms. The summed E-state index contributed by atoms with van der Waals surface area (Å²) in [6.45, 7) is 5.42. The predicted octanol–water partition coefficient (Wildman–Crippen LogP) is 2.37. The van der Waals surface area contributed by atoms with E-state index in [9.17, 15) is 13.0 Å². The molecule has 0 aromatic heterocycles. The maximum absolute atomic E-state index is 11.7. The highest BCUT2D eigenvalue weighted by Gasteiger charge is 2.41. The van der Waals surface area contributed by atoms with Gasteiger partial charge >= 0.3 is 10.3 Å². The third kappa shape index (κ3) is 4.39.